The van der Waals surface area contributed by atoms with E-state index in [1.165, 1.54) is 7.11 Å². The topological polar surface area (TPSA) is 47.6 Å². The lowest BCUT2D eigenvalue weighted by Crippen LogP contribution is -2.26. The first-order valence-corrected chi connectivity index (χ1v) is 7.80. The summed E-state index contributed by atoms with van der Waals surface area (Å²) in [6.45, 7) is 4.26. The van der Waals surface area contributed by atoms with Crippen molar-refractivity contribution in [3.8, 4) is 11.5 Å². The van der Waals surface area contributed by atoms with Crippen molar-refractivity contribution in [3.05, 3.63) is 58.6 Å². The summed E-state index contributed by atoms with van der Waals surface area (Å²) in [5.74, 6) is 0.672. The average Bonchev–Trinajstić information content (AvgIpc) is 2.57. The molecule has 1 N–H and O–H groups in total. The van der Waals surface area contributed by atoms with Crippen molar-refractivity contribution < 1.29 is 14.3 Å². The molecule has 5 heteroatoms. The third-order valence-electron chi connectivity index (χ3n) is 3.43. The molecule has 0 bridgehead atoms. The monoisotopic (exact) mass is 333 g/mol. The predicted molar refractivity (Wildman–Crippen MR) is 91.5 cm³/mol. The molecule has 0 saturated carbocycles. The van der Waals surface area contributed by atoms with Crippen LogP contribution in [-0.4, -0.2) is 19.6 Å². The van der Waals surface area contributed by atoms with Crippen LogP contribution in [-0.2, 0) is 0 Å². The van der Waals surface area contributed by atoms with Gasteiger partial charge in [0.1, 0.15) is 0 Å². The van der Waals surface area contributed by atoms with Gasteiger partial charge in [0.2, 0.25) is 0 Å². The van der Waals surface area contributed by atoms with Crippen molar-refractivity contribution in [2.45, 2.75) is 19.9 Å². The van der Waals surface area contributed by atoms with Gasteiger partial charge in [-0.2, -0.15) is 0 Å². The molecular formula is C18H20ClNO3. The minimum Gasteiger partial charge on any atom is -0.493 e. The molecule has 0 heterocycles. The highest BCUT2D eigenvalue weighted by atomic mass is 35.5. The maximum Gasteiger partial charge on any atom is 0.251 e. The number of carbonyl (C=O) groups is 1. The third-order valence-corrected chi connectivity index (χ3v) is 3.71. The van der Waals surface area contributed by atoms with Crippen LogP contribution in [0.15, 0.2) is 42.5 Å². The quantitative estimate of drug-likeness (QED) is 0.860. The number of amides is 1. The Kier molecular flexibility index (Phi) is 5.88. The lowest BCUT2D eigenvalue weighted by Gasteiger charge is -2.16. The van der Waals surface area contributed by atoms with Gasteiger partial charge in [-0.1, -0.05) is 41.9 Å². The molecule has 2 rings (SSSR count). The number of ether oxygens (including phenoxy) is 2. The van der Waals surface area contributed by atoms with E-state index in [2.05, 4.69) is 5.32 Å². The smallest absolute Gasteiger partial charge is 0.251 e. The Morgan fingerprint density at radius 1 is 1.26 bits per heavy atom. The molecule has 0 fully saturated rings. The Balaban J connectivity index is 2.21. The van der Waals surface area contributed by atoms with Gasteiger partial charge in [-0.3, -0.25) is 4.79 Å². The molecule has 4 nitrogen and oxygen atoms in total. The molecule has 0 radical (unpaired) electrons. The van der Waals surface area contributed by atoms with Crippen LogP contribution in [0.3, 0.4) is 0 Å². The molecule has 0 aromatic heterocycles. The molecule has 1 amide bonds. The van der Waals surface area contributed by atoms with Crippen LogP contribution >= 0.6 is 11.6 Å². The van der Waals surface area contributed by atoms with Crippen molar-refractivity contribution in [1.29, 1.82) is 0 Å². The summed E-state index contributed by atoms with van der Waals surface area (Å²) in [5.41, 5.74) is 1.46. The van der Waals surface area contributed by atoms with Crippen LogP contribution in [0.25, 0.3) is 0 Å². The molecule has 122 valence electrons. The van der Waals surface area contributed by atoms with Crippen molar-refractivity contribution in [1.82, 2.24) is 5.32 Å². The van der Waals surface area contributed by atoms with E-state index in [9.17, 15) is 4.79 Å². The van der Waals surface area contributed by atoms with E-state index in [-0.39, 0.29) is 11.9 Å². The van der Waals surface area contributed by atoms with E-state index in [4.69, 9.17) is 21.1 Å². The number of carbonyl (C=O) groups excluding carboxylic acids is 1. The van der Waals surface area contributed by atoms with E-state index < -0.39 is 0 Å². The third kappa shape index (κ3) is 4.17. The van der Waals surface area contributed by atoms with Gasteiger partial charge in [-0.25, -0.2) is 0 Å². The first-order valence-electron chi connectivity index (χ1n) is 7.43. The summed E-state index contributed by atoms with van der Waals surface area (Å²) in [4.78, 5) is 12.5. The first kappa shape index (κ1) is 17.2. The fourth-order valence-electron chi connectivity index (χ4n) is 2.24. The Morgan fingerprint density at radius 2 is 1.96 bits per heavy atom. The Hall–Kier alpha value is -2.20. The van der Waals surface area contributed by atoms with E-state index in [1.54, 1.807) is 12.1 Å². The van der Waals surface area contributed by atoms with Gasteiger partial charge < -0.3 is 14.8 Å². The number of halogens is 1. The van der Waals surface area contributed by atoms with Gasteiger partial charge in [-0.05, 0) is 31.5 Å². The van der Waals surface area contributed by atoms with Crippen molar-refractivity contribution >= 4 is 17.5 Å². The molecule has 2 aromatic carbocycles. The molecular weight excluding hydrogens is 314 g/mol. The number of methoxy groups -OCH3 is 1. The second-order valence-electron chi connectivity index (χ2n) is 5.03. The highest BCUT2D eigenvalue weighted by Crippen LogP contribution is 2.36. The summed E-state index contributed by atoms with van der Waals surface area (Å²) in [6.07, 6.45) is 0. The minimum absolute atomic E-state index is 0.111. The molecule has 0 aliphatic carbocycles. The van der Waals surface area contributed by atoms with Crippen LogP contribution in [0.2, 0.25) is 5.02 Å². The standard InChI is InChI=1S/C18H20ClNO3/c1-4-23-17-15(19)10-14(11-16(17)22-3)18(21)20-12(2)13-8-6-5-7-9-13/h5-12H,4H2,1-3H3,(H,20,21)/t12-/m0/s1. The zero-order valence-corrected chi connectivity index (χ0v) is 14.2. The van der Waals surface area contributed by atoms with E-state index in [0.29, 0.717) is 28.7 Å². The first-order chi connectivity index (χ1) is 11.1. The number of rotatable bonds is 6. The van der Waals surface area contributed by atoms with Crippen LogP contribution in [0, 0.1) is 0 Å². The highest BCUT2D eigenvalue weighted by Gasteiger charge is 2.17. The molecule has 0 unspecified atom stereocenters. The minimum atomic E-state index is -0.218. The molecule has 23 heavy (non-hydrogen) atoms. The van der Waals surface area contributed by atoms with Crippen molar-refractivity contribution in [3.63, 3.8) is 0 Å². The Labute approximate surface area is 141 Å². The number of hydrogen-bond donors (Lipinski definition) is 1. The summed E-state index contributed by atoms with van der Waals surface area (Å²) < 4.78 is 10.7. The van der Waals surface area contributed by atoms with Gasteiger partial charge in [0.25, 0.3) is 5.91 Å². The van der Waals surface area contributed by atoms with Gasteiger partial charge in [-0.15, -0.1) is 0 Å². The second kappa shape index (κ2) is 7.88. The molecule has 1 atom stereocenters. The van der Waals surface area contributed by atoms with Crippen LogP contribution in [0.4, 0.5) is 0 Å². The summed E-state index contributed by atoms with van der Waals surface area (Å²) >= 11 is 6.20. The summed E-state index contributed by atoms with van der Waals surface area (Å²) in [6, 6.07) is 12.9. The maximum absolute atomic E-state index is 12.5. The number of hydrogen-bond acceptors (Lipinski definition) is 3. The molecule has 0 spiro atoms. The van der Waals surface area contributed by atoms with E-state index in [1.807, 2.05) is 44.2 Å². The predicted octanol–water partition coefficient (Wildman–Crippen LogP) is 4.24. The molecule has 0 aliphatic rings. The van der Waals surface area contributed by atoms with E-state index in [0.717, 1.165) is 5.56 Å². The summed E-state index contributed by atoms with van der Waals surface area (Å²) in [7, 11) is 1.52. The maximum atomic E-state index is 12.5. The van der Waals surface area contributed by atoms with Gasteiger partial charge in [0, 0.05) is 5.56 Å². The summed E-state index contributed by atoms with van der Waals surface area (Å²) in [5, 5.41) is 3.30. The zero-order chi connectivity index (χ0) is 16.8. The number of nitrogens with one attached hydrogen (secondary N) is 1. The van der Waals surface area contributed by atoms with Crippen molar-refractivity contribution in [2.24, 2.45) is 0 Å². The second-order valence-corrected chi connectivity index (χ2v) is 5.44. The van der Waals surface area contributed by atoms with Crippen LogP contribution in [0.5, 0.6) is 11.5 Å². The lowest BCUT2D eigenvalue weighted by atomic mass is 10.1. The van der Waals surface area contributed by atoms with Gasteiger partial charge >= 0.3 is 0 Å². The normalized spacial score (nSPS) is 11.7. The van der Waals surface area contributed by atoms with Gasteiger partial charge in [0.05, 0.1) is 24.8 Å². The fourth-order valence-corrected chi connectivity index (χ4v) is 2.51. The number of benzene rings is 2. The van der Waals surface area contributed by atoms with Gasteiger partial charge in [0.15, 0.2) is 11.5 Å². The zero-order valence-electron chi connectivity index (χ0n) is 13.4. The van der Waals surface area contributed by atoms with Crippen LogP contribution < -0.4 is 14.8 Å². The Bertz CT molecular complexity index is 673. The molecule has 2 aromatic rings. The highest BCUT2D eigenvalue weighted by molar-refractivity contribution is 6.32. The lowest BCUT2D eigenvalue weighted by molar-refractivity contribution is 0.0939. The SMILES string of the molecule is CCOc1c(Cl)cc(C(=O)N[C@@H](C)c2ccccc2)cc1OC. The molecule has 0 aliphatic heterocycles. The Morgan fingerprint density at radius 3 is 2.57 bits per heavy atom. The average molecular weight is 334 g/mol. The van der Waals surface area contributed by atoms with E-state index >= 15 is 0 Å². The largest absolute Gasteiger partial charge is 0.493 e. The molecule has 0 saturated heterocycles. The van der Waals surface area contributed by atoms with Crippen LogP contribution in [0.1, 0.15) is 35.8 Å². The van der Waals surface area contributed by atoms with Crippen molar-refractivity contribution in [2.75, 3.05) is 13.7 Å². The fraction of sp³-hybridized carbons (Fsp3) is 0.278.